The zero-order valence-electron chi connectivity index (χ0n) is 11.7. The first-order valence-electron chi connectivity index (χ1n) is 7.72. The third-order valence-corrected chi connectivity index (χ3v) is 4.73. The predicted molar refractivity (Wildman–Crippen MR) is 74.2 cm³/mol. The summed E-state index contributed by atoms with van der Waals surface area (Å²) in [7, 11) is 0. The van der Waals surface area contributed by atoms with Gasteiger partial charge in [0, 0.05) is 25.0 Å². The van der Waals surface area contributed by atoms with E-state index in [1.165, 1.54) is 32.1 Å². The van der Waals surface area contributed by atoms with Crippen molar-refractivity contribution in [1.82, 2.24) is 4.90 Å². The van der Waals surface area contributed by atoms with Gasteiger partial charge in [-0.05, 0) is 32.1 Å². The number of amides is 1. The maximum atomic E-state index is 12.2. The fraction of sp³-hybridized carbons (Fsp3) is 0.933. The number of carbonyl (C=O) groups is 1. The highest BCUT2D eigenvalue weighted by Gasteiger charge is 2.27. The maximum Gasteiger partial charge on any atom is 0.222 e. The molecule has 18 heavy (non-hydrogen) atoms. The molecule has 0 aromatic rings. The van der Waals surface area contributed by atoms with Crippen LogP contribution in [0.2, 0.25) is 0 Å². The van der Waals surface area contributed by atoms with Gasteiger partial charge in [-0.15, -0.1) is 0 Å². The van der Waals surface area contributed by atoms with Crippen molar-refractivity contribution < 1.29 is 4.79 Å². The largest absolute Gasteiger partial charge is 0.340 e. The Hall–Kier alpha value is -0.570. The Kier molecular flexibility index (Phi) is 5.04. The number of nitrogens with zero attached hydrogens (tertiary/aromatic N) is 1. The SMILES string of the molecule is CC1CC(N)CCN1C(=O)CCC1CCCCC1. The molecule has 3 heteroatoms. The van der Waals surface area contributed by atoms with Crippen LogP contribution in [0.4, 0.5) is 0 Å². The molecule has 2 aliphatic rings. The van der Waals surface area contributed by atoms with E-state index in [9.17, 15) is 4.79 Å². The lowest BCUT2D eigenvalue weighted by Gasteiger charge is -2.36. The molecule has 1 aliphatic heterocycles. The molecular weight excluding hydrogens is 224 g/mol. The molecule has 1 amide bonds. The second-order valence-corrected chi connectivity index (χ2v) is 6.26. The van der Waals surface area contributed by atoms with Gasteiger partial charge in [0.25, 0.3) is 0 Å². The van der Waals surface area contributed by atoms with E-state index in [1.54, 1.807) is 0 Å². The summed E-state index contributed by atoms with van der Waals surface area (Å²) in [6, 6.07) is 0.634. The molecule has 3 nitrogen and oxygen atoms in total. The number of rotatable bonds is 3. The van der Waals surface area contributed by atoms with E-state index < -0.39 is 0 Å². The summed E-state index contributed by atoms with van der Waals surface area (Å²) in [5.74, 6) is 1.17. The average molecular weight is 252 g/mol. The van der Waals surface area contributed by atoms with E-state index >= 15 is 0 Å². The minimum Gasteiger partial charge on any atom is -0.340 e. The molecule has 1 aliphatic carbocycles. The third-order valence-electron chi connectivity index (χ3n) is 4.73. The van der Waals surface area contributed by atoms with E-state index in [2.05, 4.69) is 11.8 Å². The summed E-state index contributed by atoms with van der Waals surface area (Å²) in [6.45, 7) is 3.00. The van der Waals surface area contributed by atoms with Crippen LogP contribution in [0, 0.1) is 5.92 Å². The van der Waals surface area contributed by atoms with Crippen LogP contribution >= 0.6 is 0 Å². The Bertz CT molecular complexity index is 274. The number of carbonyl (C=O) groups excluding carboxylic acids is 1. The molecular formula is C15H28N2O. The number of hydrogen-bond acceptors (Lipinski definition) is 2. The second-order valence-electron chi connectivity index (χ2n) is 6.26. The molecule has 2 N–H and O–H groups in total. The number of hydrogen-bond donors (Lipinski definition) is 1. The lowest BCUT2D eigenvalue weighted by molar-refractivity contribution is -0.135. The summed E-state index contributed by atoms with van der Waals surface area (Å²) in [6.07, 6.45) is 10.6. The lowest BCUT2D eigenvalue weighted by Crippen LogP contribution is -2.48. The minimum absolute atomic E-state index is 0.294. The van der Waals surface area contributed by atoms with Crippen molar-refractivity contribution >= 4 is 5.91 Å². The number of nitrogens with two attached hydrogens (primary N) is 1. The Morgan fingerprint density at radius 1 is 1.22 bits per heavy atom. The third kappa shape index (κ3) is 3.71. The molecule has 2 atom stereocenters. The molecule has 0 radical (unpaired) electrons. The van der Waals surface area contributed by atoms with E-state index in [0.29, 0.717) is 18.0 Å². The minimum atomic E-state index is 0.294. The van der Waals surface area contributed by atoms with E-state index in [1.807, 2.05) is 0 Å². The molecule has 0 bridgehead atoms. The van der Waals surface area contributed by atoms with Crippen molar-refractivity contribution in [2.24, 2.45) is 11.7 Å². The summed E-state index contributed by atoms with van der Waals surface area (Å²) < 4.78 is 0. The van der Waals surface area contributed by atoms with Crippen molar-refractivity contribution in [3.63, 3.8) is 0 Å². The molecule has 2 unspecified atom stereocenters. The lowest BCUT2D eigenvalue weighted by atomic mass is 9.86. The standard InChI is InChI=1S/C15H28N2O/c1-12-11-14(16)9-10-17(12)15(18)8-7-13-5-3-2-4-6-13/h12-14H,2-11,16H2,1H3. The fourth-order valence-electron chi connectivity index (χ4n) is 3.53. The van der Waals surface area contributed by atoms with Crippen molar-refractivity contribution in [2.45, 2.75) is 76.8 Å². The average Bonchev–Trinajstić information content (AvgIpc) is 2.37. The van der Waals surface area contributed by atoms with E-state index in [0.717, 1.165) is 38.1 Å². The zero-order chi connectivity index (χ0) is 13.0. The van der Waals surface area contributed by atoms with Gasteiger partial charge in [0.2, 0.25) is 5.91 Å². The molecule has 0 aromatic heterocycles. The van der Waals surface area contributed by atoms with E-state index in [4.69, 9.17) is 5.73 Å². The highest BCUT2D eigenvalue weighted by atomic mass is 16.2. The molecule has 1 heterocycles. The highest BCUT2D eigenvalue weighted by molar-refractivity contribution is 5.76. The van der Waals surface area contributed by atoms with Gasteiger partial charge in [-0.25, -0.2) is 0 Å². The first-order valence-corrected chi connectivity index (χ1v) is 7.72. The number of piperidine rings is 1. The van der Waals surface area contributed by atoms with Gasteiger partial charge in [-0.2, -0.15) is 0 Å². The van der Waals surface area contributed by atoms with Crippen LogP contribution in [0.25, 0.3) is 0 Å². The van der Waals surface area contributed by atoms with Gasteiger partial charge >= 0.3 is 0 Å². The highest BCUT2D eigenvalue weighted by Crippen LogP contribution is 2.28. The summed E-state index contributed by atoms with van der Waals surface area (Å²) >= 11 is 0. The van der Waals surface area contributed by atoms with Crippen LogP contribution in [-0.2, 0) is 4.79 Å². The van der Waals surface area contributed by atoms with Gasteiger partial charge in [0.1, 0.15) is 0 Å². The Morgan fingerprint density at radius 2 is 1.94 bits per heavy atom. The van der Waals surface area contributed by atoms with Gasteiger partial charge in [0.15, 0.2) is 0 Å². The van der Waals surface area contributed by atoms with Crippen molar-refractivity contribution in [3.8, 4) is 0 Å². The summed E-state index contributed by atoms with van der Waals surface area (Å²) in [4.78, 5) is 14.3. The molecule has 2 rings (SSSR count). The summed E-state index contributed by atoms with van der Waals surface area (Å²) in [5, 5.41) is 0. The van der Waals surface area contributed by atoms with E-state index in [-0.39, 0.29) is 0 Å². The van der Waals surface area contributed by atoms with Crippen LogP contribution in [-0.4, -0.2) is 29.4 Å². The molecule has 1 saturated carbocycles. The van der Waals surface area contributed by atoms with Crippen LogP contribution in [0.15, 0.2) is 0 Å². The van der Waals surface area contributed by atoms with Gasteiger partial charge < -0.3 is 10.6 Å². The molecule has 0 spiro atoms. The molecule has 0 aromatic carbocycles. The van der Waals surface area contributed by atoms with Crippen LogP contribution in [0.5, 0.6) is 0 Å². The zero-order valence-corrected chi connectivity index (χ0v) is 11.7. The Morgan fingerprint density at radius 3 is 2.61 bits per heavy atom. The first kappa shape index (κ1) is 13.9. The van der Waals surface area contributed by atoms with Crippen molar-refractivity contribution in [2.75, 3.05) is 6.54 Å². The Balaban J connectivity index is 1.73. The normalized spacial score (nSPS) is 30.4. The predicted octanol–water partition coefficient (Wildman–Crippen LogP) is 2.69. The van der Waals surface area contributed by atoms with Gasteiger partial charge in [0.05, 0.1) is 0 Å². The maximum absolute atomic E-state index is 12.2. The van der Waals surface area contributed by atoms with Crippen LogP contribution in [0.3, 0.4) is 0 Å². The van der Waals surface area contributed by atoms with Crippen molar-refractivity contribution in [1.29, 1.82) is 0 Å². The van der Waals surface area contributed by atoms with Gasteiger partial charge in [-0.3, -0.25) is 4.79 Å². The molecule has 104 valence electrons. The molecule has 1 saturated heterocycles. The topological polar surface area (TPSA) is 46.3 Å². The smallest absolute Gasteiger partial charge is 0.222 e. The Labute approximate surface area is 111 Å². The quantitative estimate of drug-likeness (QED) is 0.839. The fourth-order valence-corrected chi connectivity index (χ4v) is 3.53. The van der Waals surface area contributed by atoms with Crippen LogP contribution < -0.4 is 5.73 Å². The van der Waals surface area contributed by atoms with Crippen molar-refractivity contribution in [3.05, 3.63) is 0 Å². The summed E-state index contributed by atoms with van der Waals surface area (Å²) in [5.41, 5.74) is 5.94. The second kappa shape index (κ2) is 6.55. The first-order chi connectivity index (χ1) is 8.66. The monoisotopic (exact) mass is 252 g/mol. The molecule has 2 fully saturated rings. The van der Waals surface area contributed by atoms with Crippen LogP contribution in [0.1, 0.15) is 64.7 Å². The van der Waals surface area contributed by atoms with Gasteiger partial charge in [-0.1, -0.05) is 32.1 Å². The number of likely N-dealkylation sites (tertiary alicyclic amines) is 1.